The van der Waals surface area contributed by atoms with E-state index in [1.165, 1.54) is 0 Å². The molecule has 5 nitrogen and oxygen atoms in total. The van der Waals surface area contributed by atoms with Crippen molar-refractivity contribution in [3.8, 4) is 0 Å². The summed E-state index contributed by atoms with van der Waals surface area (Å²) >= 11 is 0. The number of nitrogens with two attached hydrogens (primary N) is 1. The molecular formula is C16H23N3O2. The molecule has 1 atom stereocenters. The standard InChI is InChI=1S/C16H23N3O2/c1-10(2)9-14(17)16(21)19-12-5-3-11(4-6-12)15(20)18-13-7-8-13/h3-6,10,13-14H,7-9,17H2,1-2H3,(H,18,20)(H,19,21)/t14-/m1/s1. The van der Waals surface area contributed by atoms with Crippen LogP contribution in [0, 0.1) is 5.92 Å². The third kappa shape index (κ3) is 4.86. The van der Waals surface area contributed by atoms with Crippen LogP contribution < -0.4 is 16.4 Å². The Bertz CT molecular complexity index is 507. The number of amides is 2. The lowest BCUT2D eigenvalue weighted by molar-refractivity contribution is -0.117. The first-order chi connectivity index (χ1) is 9.95. The van der Waals surface area contributed by atoms with E-state index in [0.717, 1.165) is 12.8 Å². The van der Waals surface area contributed by atoms with Gasteiger partial charge in [-0.05, 0) is 49.4 Å². The molecule has 1 saturated carbocycles. The number of hydrogen-bond acceptors (Lipinski definition) is 3. The number of hydrogen-bond donors (Lipinski definition) is 3. The second-order valence-electron chi connectivity index (χ2n) is 6.05. The molecule has 1 aromatic rings. The number of benzene rings is 1. The molecule has 21 heavy (non-hydrogen) atoms. The quantitative estimate of drug-likeness (QED) is 0.747. The van der Waals surface area contributed by atoms with E-state index in [1.54, 1.807) is 24.3 Å². The van der Waals surface area contributed by atoms with E-state index in [0.29, 0.717) is 29.6 Å². The van der Waals surface area contributed by atoms with Crippen LogP contribution in [0.15, 0.2) is 24.3 Å². The monoisotopic (exact) mass is 289 g/mol. The summed E-state index contributed by atoms with van der Waals surface area (Å²) in [6.07, 6.45) is 2.77. The molecule has 0 radical (unpaired) electrons. The highest BCUT2D eigenvalue weighted by Crippen LogP contribution is 2.19. The first-order valence-electron chi connectivity index (χ1n) is 7.43. The van der Waals surface area contributed by atoms with E-state index >= 15 is 0 Å². The van der Waals surface area contributed by atoms with Crippen molar-refractivity contribution in [1.29, 1.82) is 0 Å². The van der Waals surface area contributed by atoms with Crippen LogP contribution in [-0.2, 0) is 4.79 Å². The lowest BCUT2D eigenvalue weighted by Gasteiger charge is -2.14. The summed E-state index contributed by atoms with van der Waals surface area (Å²) in [7, 11) is 0. The molecule has 2 rings (SSSR count). The van der Waals surface area contributed by atoms with Crippen LogP contribution in [0.25, 0.3) is 0 Å². The van der Waals surface area contributed by atoms with Crippen LogP contribution in [0.4, 0.5) is 5.69 Å². The molecule has 2 amide bonds. The van der Waals surface area contributed by atoms with Crippen molar-refractivity contribution >= 4 is 17.5 Å². The maximum atomic E-state index is 11.9. The van der Waals surface area contributed by atoms with E-state index in [4.69, 9.17) is 5.73 Å². The number of anilines is 1. The Morgan fingerprint density at radius 1 is 1.24 bits per heavy atom. The third-order valence-electron chi connectivity index (χ3n) is 3.39. The molecule has 5 heteroatoms. The highest BCUT2D eigenvalue weighted by molar-refractivity contribution is 5.97. The van der Waals surface area contributed by atoms with Gasteiger partial charge < -0.3 is 16.4 Å². The van der Waals surface area contributed by atoms with E-state index in [1.807, 2.05) is 13.8 Å². The lowest BCUT2D eigenvalue weighted by Crippen LogP contribution is -2.36. The molecule has 1 fully saturated rings. The molecule has 0 aliphatic heterocycles. The largest absolute Gasteiger partial charge is 0.349 e. The Hall–Kier alpha value is -1.88. The van der Waals surface area contributed by atoms with Crippen molar-refractivity contribution in [2.24, 2.45) is 11.7 Å². The lowest BCUT2D eigenvalue weighted by atomic mass is 10.0. The van der Waals surface area contributed by atoms with Crippen LogP contribution in [0.3, 0.4) is 0 Å². The Balaban J connectivity index is 1.89. The zero-order valence-corrected chi connectivity index (χ0v) is 12.6. The highest BCUT2D eigenvalue weighted by Gasteiger charge is 2.23. The van der Waals surface area contributed by atoms with Crippen molar-refractivity contribution in [1.82, 2.24) is 5.32 Å². The van der Waals surface area contributed by atoms with E-state index in [2.05, 4.69) is 10.6 Å². The van der Waals surface area contributed by atoms with Crippen LogP contribution in [0.5, 0.6) is 0 Å². The minimum atomic E-state index is -0.511. The van der Waals surface area contributed by atoms with Crippen molar-refractivity contribution in [2.45, 2.75) is 45.2 Å². The summed E-state index contributed by atoms with van der Waals surface area (Å²) in [5, 5.41) is 5.69. The molecule has 1 aliphatic rings. The molecule has 0 heterocycles. The first kappa shape index (κ1) is 15.5. The van der Waals surface area contributed by atoms with Gasteiger partial charge in [0.05, 0.1) is 6.04 Å². The molecule has 0 bridgehead atoms. The Kier molecular flexibility index (Phi) is 4.96. The SMILES string of the molecule is CC(C)C[C@@H](N)C(=O)Nc1ccc(C(=O)NC2CC2)cc1. The molecular weight excluding hydrogens is 266 g/mol. The number of rotatable bonds is 6. The van der Waals surface area contributed by atoms with Gasteiger partial charge in [0.1, 0.15) is 0 Å². The fourth-order valence-corrected chi connectivity index (χ4v) is 2.05. The smallest absolute Gasteiger partial charge is 0.251 e. The van der Waals surface area contributed by atoms with Crippen LogP contribution >= 0.6 is 0 Å². The second-order valence-corrected chi connectivity index (χ2v) is 6.05. The first-order valence-corrected chi connectivity index (χ1v) is 7.43. The van der Waals surface area contributed by atoms with Gasteiger partial charge in [-0.2, -0.15) is 0 Å². The van der Waals surface area contributed by atoms with Gasteiger partial charge in [-0.1, -0.05) is 13.8 Å². The van der Waals surface area contributed by atoms with Gasteiger partial charge in [0.15, 0.2) is 0 Å². The minimum absolute atomic E-state index is 0.0631. The maximum absolute atomic E-state index is 11.9. The molecule has 0 aromatic heterocycles. The van der Waals surface area contributed by atoms with Crippen LogP contribution in [0.2, 0.25) is 0 Å². The van der Waals surface area contributed by atoms with E-state index in [9.17, 15) is 9.59 Å². The summed E-state index contributed by atoms with van der Waals surface area (Å²) in [4.78, 5) is 23.7. The second kappa shape index (κ2) is 6.72. The van der Waals surface area contributed by atoms with Gasteiger partial charge in [0.2, 0.25) is 5.91 Å². The third-order valence-corrected chi connectivity index (χ3v) is 3.39. The van der Waals surface area contributed by atoms with Crippen molar-refractivity contribution in [2.75, 3.05) is 5.32 Å². The van der Waals surface area contributed by atoms with Crippen LogP contribution in [-0.4, -0.2) is 23.9 Å². The van der Waals surface area contributed by atoms with Gasteiger partial charge in [0.25, 0.3) is 5.91 Å². The predicted molar refractivity (Wildman–Crippen MR) is 83.0 cm³/mol. The predicted octanol–water partition coefficient (Wildman–Crippen LogP) is 1.89. The van der Waals surface area contributed by atoms with Crippen LogP contribution in [0.1, 0.15) is 43.5 Å². The van der Waals surface area contributed by atoms with Crippen molar-refractivity contribution in [3.63, 3.8) is 0 Å². The summed E-state index contributed by atoms with van der Waals surface area (Å²) in [6, 6.07) is 6.69. The number of nitrogens with one attached hydrogen (secondary N) is 2. The average Bonchev–Trinajstić information content (AvgIpc) is 3.22. The zero-order valence-electron chi connectivity index (χ0n) is 12.6. The highest BCUT2D eigenvalue weighted by atomic mass is 16.2. The molecule has 1 aliphatic carbocycles. The molecule has 0 saturated heterocycles. The number of carbonyl (C=O) groups excluding carboxylic acids is 2. The summed E-state index contributed by atoms with van der Waals surface area (Å²) in [5.41, 5.74) is 7.09. The van der Waals surface area contributed by atoms with Crippen molar-refractivity contribution in [3.05, 3.63) is 29.8 Å². The summed E-state index contributed by atoms with van der Waals surface area (Å²) < 4.78 is 0. The molecule has 0 unspecified atom stereocenters. The fraction of sp³-hybridized carbons (Fsp3) is 0.500. The zero-order chi connectivity index (χ0) is 15.4. The van der Waals surface area contributed by atoms with E-state index in [-0.39, 0.29) is 11.8 Å². The molecule has 0 spiro atoms. The number of carbonyl (C=O) groups is 2. The van der Waals surface area contributed by atoms with Gasteiger partial charge in [-0.25, -0.2) is 0 Å². The molecule has 1 aromatic carbocycles. The average molecular weight is 289 g/mol. The van der Waals surface area contributed by atoms with Gasteiger partial charge in [0, 0.05) is 17.3 Å². The topological polar surface area (TPSA) is 84.2 Å². The fourth-order valence-electron chi connectivity index (χ4n) is 2.05. The molecule has 114 valence electrons. The Morgan fingerprint density at radius 3 is 2.38 bits per heavy atom. The Morgan fingerprint density at radius 2 is 1.86 bits per heavy atom. The summed E-state index contributed by atoms with van der Waals surface area (Å²) in [5.74, 6) is 0.116. The van der Waals surface area contributed by atoms with Gasteiger partial charge >= 0.3 is 0 Å². The normalized spacial score (nSPS) is 15.6. The van der Waals surface area contributed by atoms with Crippen molar-refractivity contribution < 1.29 is 9.59 Å². The minimum Gasteiger partial charge on any atom is -0.349 e. The Labute approximate surface area is 125 Å². The van der Waals surface area contributed by atoms with E-state index < -0.39 is 6.04 Å². The molecule has 4 N–H and O–H groups in total. The van der Waals surface area contributed by atoms with Gasteiger partial charge in [-0.15, -0.1) is 0 Å². The maximum Gasteiger partial charge on any atom is 0.251 e. The van der Waals surface area contributed by atoms with Gasteiger partial charge in [-0.3, -0.25) is 9.59 Å². The summed E-state index contributed by atoms with van der Waals surface area (Å²) in [6.45, 7) is 4.06.